The SMILES string of the molecule is CC(C)Oc1ccc2no[n+]([O-])c2c1. The number of hydrogen-bond donors (Lipinski definition) is 0. The van der Waals surface area contributed by atoms with E-state index in [0.29, 0.717) is 21.7 Å². The highest BCUT2D eigenvalue weighted by Gasteiger charge is 2.10. The summed E-state index contributed by atoms with van der Waals surface area (Å²) in [5, 5.41) is 14.6. The first-order valence-corrected chi connectivity index (χ1v) is 4.33. The summed E-state index contributed by atoms with van der Waals surface area (Å²) >= 11 is 0. The minimum Gasteiger partial charge on any atom is -0.491 e. The second-order valence-electron chi connectivity index (χ2n) is 3.25. The van der Waals surface area contributed by atoms with Crippen LogP contribution in [0.2, 0.25) is 0 Å². The van der Waals surface area contributed by atoms with Crippen molar-refractivity contribution < 1.29 is 14.3 Å². The molecule has 0 aliphatic heterocycles. The average molecular weight is 194 g/mol. The largest absolute Gasteiger partial charge is 0.491 e. The van der Waals surface area contributed by atoms with Gasteiger partial charge in [-0.15, -0.1) is 0 Å². The molecule has 74 valence electrons. The van der Waals surface area contributed by atoms with E-state index in [1.54, 1.807) is 18.2 Å². The summed E-state index contributed by atoms with van der Waals surface area (Å²) in [6.07, 6.45) is 0.0763. The second kappa shape index (κ2) is 3.17. The Balaban J connectivity index is 2.44. The summed E-state index contributed by atoms with van der Waals surface area (Å²) in [6, 6.07) is 5.05. The normalized spacial score (nSPS) is 11.1. The molecule has 0 amide bonds. The molecule has 0 radical (unpaired) electrons. The van der Waals surface area contributed by atoms with Crippen molar-refractivity contribution in [3.63, 3.8) is 0 Å². The van der Waals surface area contributed by atoms with Crippen molar-refractivity contribution in [2.45, 2.75) is 20.0 Å². The van der Waals surface area contributed by atoms with Crippen LogP contribution in [0.3, 0.4) is 0 Å². The van der Waals surface area contributed by atoms with E-state index in [0.717, 1.165) is 0 Å². The fourth-order valence-electron chi connectivity index (χ4n) is 1.20. The topological polar surface area (TPSA) is 62.2 Å². The number of rotatable bonds is 2. The number of benzene rings is 1. The molecule has 0 spiro atoms. The molecule has 5 heteroatoms. The summed E-state index contributed by atoms with van der Waals surface area (Å²) in [5.74, 6) is 0.639. The molecular weight excluding hydrogens is 184 g/mol. The zero-order valence-corrected chi connectivity index (χ0v) is 7.93. The molecule has 1 aromatic carbocycles. The van der Waals surface area contributed by atoms with Gasteiger partial charge in [0.05, 0.1) is 6.10 Å². The van der Waals surface area contributed by atoms with E-state index in [4.69, 9.17) is 4.74 Å². The number of hydrogen-bond acceptors (Lipinski definition) is 4. The zero-order chi connectivity index (χ0) is 10.1. The van der Waals surface area contributed by atoms with Gasteiger partial charge < -0.3 is 9.94 Å². The Morgan fingerprint density at radius 3 is 3.00 bits per heavy atom. The van der Waals surface area contributed by atoms with Crippen molar-refractivity contribution in [2.24, 2.45) is 0 Å². The van der Waals surface area contributed by atoms with Gasteiger partial charge in [-0.1, -0.05) is 0 Å². The van der Waals surface area contributed by atoms with Gasteiger partial charge >= 0.3 is 0 Å². The fraction of sp³-hybridized carbons (Fsp3) is 0.333. The van der Waals surface area contributed by atoms with Gasteiger partial charge in [0, 0.05) is 11.2 Å². The first kappa shape index (κ1) is 8.80. The van der Waals surface area contributed by atoms with E-state index in [1.807, 2.05) is 13.8 Å². The molecule has 14 heavy (non-hydrogen) atoms. The molecule has 0 aliphatic carbocycles. The molecule has 2 aromatic rings. The summed E-state index contributed by atoms with van der Waals surface area (Å²) in [6.45, 7) is 3.84. The molecule has 0 N–H and O–H groups in total. The predicted octanol–water partition coefficient (Wildman–Crippen LogP) is 1.25. The molecular formula is C9H10N2O3. The number of nitrogens with zero attached hydrogens (tertiary/aromatic N) is 2. The maximum absolute atomic E-state index is 11.0. The van der Waals surface area contributed by atoms with E-state index in [2.05, 4.69) is 9.79 Å². The lowest BCUT2D eigenvalue weighted by Crippen LogP contribution is -2.22. The van der Waals surface area contributed by atoms with Crippen molar-refractivity contribution in [1.29, 1.82) is 0 Å². The molecule has 0 bridgehead atoms. The van der Waals surface area contributed by atoms with Crippen molar-refractivity contribution in [3.8, 4) is 5.75 Å². The average Bonchev–Trinajstić information content (AvgIpc) is 2.47. The van der Waals surface area contributed by atoms with Gasteiger partial charge in [0.25, 0.3) is 0 Å². The minimum absolute atomic E-state index is 0.0763. The van der Waals surface area contributed by atoms with Gasteiger partial charge in [-0.3, -0.25) is 4.63 Å². The Kier molecular flexibility index (Phi) is 1.99. The fourth-order valence-corrected chi connectivity index (χ4v) is 1.20. The van der Waals surface area contributed by atoms with Crippen LogP contribution < -0.4 is 9.64 Å². The quantitative estimate of drug-likeness (QED) is 0.675. The number of aromatic nitrogens is 2. The van der Waals surface area contributed by atoms with Gasteiger partial charge in [0.15, 0.2) is 0 Å². The van der Waals surface area contributed by atoms with Gasteiger partial charge in [-0.25, -0.2) is 0 Å². The van der Waals surface area contributed by atoms with Crippen molar-refractivity contribution in [2.75, 3.05) is 0 Å². The summed E-state index contributed by atoms with van der Waals surface area (Å²) < 4.78 is 9.86. The Hall–Kier alpha value is -1.78. The highest BCUT2D eigenvalue weighted by atomic mass is 16.8. The van der Waals surface area contributed by atoms with Crippen LogP contribution in [-0.2, 0) is 0 Å². The van der Waals surface area contributed by atoms with Gasteiger partial charge in [-0.05, 0) is 30.9 Å². The molecule has 1 heterocycles. The van der Waals surface area contributed by atoms with Crippen LogP contribution in [0.1, 0.15) is 13.8 Å². The molecule has 5 nitrogen and oxygen atoms in total. The third kappa shape index (κ3) is 1.48. The first-order chi connectivity index (χ1) is 6.66. The first-order valence-electron chi connectivity index (χ1n) is 4.33. The second-order valence-corrected chi connectivity index (χ2v) is 3.25. The highest BCUT2D eigenvalue weighted by Crippen LogP contribution is 2.17. The van der Waals surface area contributed by atoms with Crippen LogP contribution in [0, 0.1) is 5.21 Å². The smallest absolute Gasteiger partial charge is 0.248 e. The third-order valence-corrected chi connectivity index (χ3v) is 1.73. The van der Waals surface area contributed by atoms with Gasteiger partial charge in [-0.2, -0.15) is 0 Å². The predicted molar refractivity (Wildman–Crippen MR) is 48.7 cm³/mol. The van der Waals surface area contributed by atoms with E-state index in [-0.39, 0.29) is 6.10 Å². The maximum atomic E-state index is 11.0. The third-order valence-electron chi connectivity index (χ3n) is 1.73. The molecule has 1 aromatic heterocycles. The zero-order valence-electron chi connectivity index (χ0n) is 7.93. The van der Waals surface area contributed by atoms with E-state index in [1.165, 1.54) is 0 Å². The Bertz CT molecular complexity index is 450. The number of ether oxygens (including phenoxy) is 1. The van der Waals surface area contributed by atoms with Crippen LogP contribution >= 0.6 is 0 Å². The number of fused-ring (bicyclic) bond motifs is 1. The lowest BCUT2D eigenvalue weighted by atomic mass is 10.3. The highest BCUT2D eigenvalue weighted by molar-refractivity contribution is 5.71. The molecule has 0 unspecified atom stereocenters. The molecule has 0 saturated carbocycles. The summed E-state index contributed by atoms with van der Waals surface area (Å²) in [5.41, 5.74) is 0.902. The maximum Gasteiger partial charge on any atom is 0.248 e. The van der Waals surface area contributed by atoms with Crippen molar-refractivity contribution in [3.05, 3.63) is 23.4 Å². The van der Waals surface area contributed by atoms with Crippen LogP contribution in [0.4, 0.5) is 0 Å². The van der Waals surface area contributed by atoms with E-state index >= 15 is 0 Å². The molecule has 2 rings (SSSR count). The molecule has 0 fully saturated rings. The molecule has 0 aliphatic rings. The Morgan fingerprint density at radius 1 is 1.50 bits per heavy atom. The standard InChI is InChI=1S/C9H10N2O3/c1-6(2)13-7-3-4-8-9(5-7)11(12)14-10-8/h3-6H,1-2H3. The van der Waals surface area contributed by atoms with E-state index in [9.17, 15) is 5.21 Å². The molecule has 0 atom stereocenters. The molecule has 0 saturated heterocycles. The van der Waals surface area contributed by atoms with E-state index < -0.39 is 0 Å². The van der Waals surface area contributed by atoms with Crippen LogP contribution in [0.15, 0.2) is 22.8 Å². The lowest BCUT2D eigenvalue weighted by Gasteiger charge is -2.07. The van der Waals surface area contributed by atoms with Crippen molar-refractivity contribution in [1.82, 2.24) is 5.16 Å². The Labute approximate surface area is 80.4 Å². The lowest BCUT2D eigenvalue weighted by molar-refractivity contribution is -0.782. The minimum atomic E-state index is 0.0763. The van der Waals surface area contributed by atoms with Crippen LogP contribution in [0.5, 0.6) is 5.75 Å². The summed E-state index contributed by atoms with van der Waals surface area (Å²) in [4.78, 5) is 0.364. The van der Waals surface area contributed by atoms with Crippen LogP contribution in [0.25, 0.3) is 11.0 Å². The van der Waals surface area contributed by atoms with Crippen LogP contribution in [-0.4, -0.2) is 11.3 Å². The Morgan fingerprint density at radius 2 is 2.29 bits per heavy atom. The van der Waals surface area contributed by atoms with Crippen molar-refractivity contribution >= 4 is 11.0 Å². The van der Waals surface area contributed by atoms with Gasteiger partial charge in [0.2, 0.25) is 11.0 Å². The monoisotopic (exact) mass is 194 g/mol. The van der Waals surface area contributed by atoms with Gasteiger partial charge in [0.1, 0.15) is 5.75 Å². The summed E-state index contributed by atoms with van der Waals surface area (Å²) in [7, 11) is 0.